The lowest BCUT2D eigenvalue weighted by molar-refractivity contribution is -0.145. The van der Waals surface area contributed by atoms with Crippen LogP contribution < -0.4 is 5.32 Å². The Morgan fingerprint density at radius 1 is 1.29 bits per heavy atom. The SMILES string of the molecule is CN1CCC(O)(C(=O)N[C@@H](Cn2cccn2)c2ccccc2)CC1. The van der Waals surface area contributed by atoms with E-state index in [1.165, 1.54) is 0 Å². The van der Waals surface area contributed by atoms with Crippen LogP contribution in [-0.4, -0.2) is 51.4 Å². The molecule has 6 nitrogen and oxygen atoms in total. The Balaban J connectivity index is 1.75. The molecule has 128 valence electrons. The Labute approximate surface area is 142 Å². The van der Waals surface area contributed by atoms with Crippen molar-refractivity contribution in [1.29, 1.82) is 0 Å². The Morgan fingerprint density at radius 3 is 2.62 bits per heavy atom. The molecule has 1 saturated heterocycles. The number of nitrogens with one attached hydrogen (secondary N) is 1. The fourth-order valence-corrected chi connectivity index (χ4v) is 3.02. The van der Waals surface area contributed by atoms with Gasteiger partial charge in [-0.3, -0.25) is 9.48 Å². The number of piperidine rings is 1. The summed E-state index contributed by atoms with van der Waals surface area (Å²) in [5.74, 6) is -0.295. The topological polar surface area (TPSA) is 70.4 Å². The van der Waals surface area contributed by atoms with Gasteiger partial charge in [-0.2, -0.15) is 5.10 Å². The lowest BCUT2D eigenvalue weighted by atomic mass is 9.90. The van der Waals surface area contributed by atoms with Crippen LogP contribution in [0.2, 0.25) is 0 Å². The van der Waals surface area contributed by atoms with Crippen molar-refractivity contribution in [2.75, 3.05) is 20.1 Å². The number of nitrogens with zero attached hydrogens (tertiary/aromatic N) is 3. The first-order chi connectivity index (χ1) is 11.6. The molecule has 1 aromatic carbocycles. The summed E-state index contributed by atoms with van der Waals surface area (Å²) in [7, 11) is 2.00. The van der Waals surface area contributed by atoms with Crippen molar-refractivity contribution in [3.05, 3.63) is 54.4 Å². The molecule has 0 spiro atoms. The number of rotatable bonds is 5. The third-order valence-electron chi connectivity index (χ3n) is 4.67. The monoisotopic (exact) mass is 328 g/mol. The van der Waals surface area contributed by atoms with Crippen LogP contribution in [0.5, 0.6) is 0 Å². The highest BCUT2D eigenvalue weighted by Gasteiger charge is 2.39. The second kappa shape index (κ2) is 7.15. The lowest BCUT2D eigenvalue weighted by Gasteiger charge is -2.36. The number of aliphatic hydroxyl groups is 1. The molecule has 3 rings (SSSR count). The molecular weight excluding hydrogens is 304 g/mol. The van der Waals surface area contributed by atoms with Gasteiger partial charge < -0.3 is 15.3 Å². The Bertz CT molecular complexity index is 649. The lowest BCUT2D eigenvalue weighted by Crippen LogP contribution is -2.54. The van der Waals surface area contributed by atoms with Crippen LogP contribution in [0, 0.1) is 0 Å². The zero-order chi connectivity index (χ0) is 17.0. The number of hydrogen-bond donors (Lipinski definition) is 2. The van der Waals surface area contributed by atoms with Crippen LogP contribution in [0.4, 0.5) is 0 Å². The molecule has 1 fully saturated rings. The van der Waals surface area contributed by atoms with E-state index in [0.29, 0.717) is 19.4 Å². The standard InChI is InChI=1S/C18H24N4O2/c1-21-12-8-18(24,9-13-21)17(23)20-16(14-22-11-5-10-19-22)15-6-3-2-4-7-15/h2-7,10-11,16,24H,8-9,12-14H2,1H3,(H,20,23)/t16-/m0/s1. The van der Waals surface area contributed by atoms with Crippen LogP contribution in [-0.2, 0) is 11.3 Å². The van der Waals surface area contributed by atoms with Crippen LogP contribution in [0.1, 0.15) is 24.4 Å². The van der Waals surface area contributed by atoms with Gasteiger partial charge in [-0.25, -0.2) is 0 Å². The zero-order valence-corrected chi connectivity index (χ0v) is 13.9. The summed E-state index contributed by atoms with van der Waals surface area (Å²) in [5.41, 5.74) is -0.290. The molecule has 2 aromatic rings. The van der Waals surface area contributed by atoms with Crippen LogP contribution in [0.25, 0.3) is 0 Å². The summed E-state index contributed by atoms with van der Waals surface area (Å²) in [5, 5.41) is 18.0. The summed E-state index contributed by atoms with van der Waals surface area (Å²) in [6, 6.07) is 11.4. The quantitative estimate of drug-likeness (QED) is 0.865. The molecule has 6 heteroatoms. The summed E-state index contributed by atoms with van der Waals surface area (Å²) >= 11 is 0. The molecule has 0 unspecified atom stereocenters. The molecule has 2 N–H and O–H groups in total. The molecular formula is C18H24N4O2. The zero-order valence-electron chi connectivity index (χ0n) is 13.9. The minimum Gasteiger partial charge on any atom is -0.380 e. The van der Waals surface area contributed by atoms with Crippen molar-refractivity contribution in [2.45, 2.75) is 31.0 Å². The molecule has 0 aliphatic carbocycles. The van der Waals surface area contributed by atoms with Crippen molar-refractivity contribution in [2.24, 2.45) is 0 Å². The molecule has 1 atom stereocenters. The molecule has 0 radical (unpaired) electrons. The number of carbonyl (C=O) groups excluding carboxylic acids is 1. The maximum atomic E-state index is 12.7. The summed E-state index contributed by atoms with van der Waals surface area (Å²) in [6.45, 7) is 1.97. The highest BCUT2D eigenvalue weighted by Crippen LogP contribution is 2.24. The molecule has 1 amide bonds. The molecule has 24 heavy (non-hydrogen) atoms. The van der Waals surface area contributed by atoms with E-state index in [4.69, 9.17) is 0 Å². The summed E-state index contributed by atoms with van der Waals surface area (Å²) < 4.78 is 1.79. The predicted molar refractivity (Wildman–Crippen MR) is 91.2 cm³/mol. The smallest absolute Gasteiger partial charge is 0.252 e. The predicted octanol–water partition coefficient (Wildman–Crippen LogP) is 1.20. The van der Waals surface area contributed by atoms with Crippen molar-refractivity contribution in [1.82, 2.24) is 20.0 Å². The number of likely N-dealkylation sites (tertiary alicyclic amines) is 1. The number of hydrogen-bond acceptors (Lipinski definition) is 4. The molecule has 1 aliphatic heterocycles. The normalized spacial score (nSPS) is 18.9. The second-order valence-electron chi connectivity index (χ2n) is 6.50. The van der Waals surface area contributed by atoms with E-state index >= 15 is 0 Å². The maximum Gasteiger partial charge on any atom is 0.252 e. The largest absolute Gasteiger partial charge is 0.380 e. The number of aromatic nitrogens is 2. The minimum atomic E-state index is -1.29. The van der Waals surface area contributed by atoms with E-state index in [1.807, 2.05) is 49.6 Å². The fourth-order valence-electron chi connectivity index (χ4n) is 3.02. The number of amides is 1. The van der Waals surface area contributed by atoms with Gasteiger partial charge in [0.05, 0.1) is 12.6 Å². The van der Waals surface area contributed by atoms with Gasteiger partial charge in [0.25, 0.3) is 5.91 Å². The second-order valence-corrected chi connectivity index (χ2v) is 6.50. The molecule has 1 aromatic heterocycles. The first kappa shape index (κ1) is 16.7. The van der Waals surface area contributed by atoms with Gasteiger partial charge in [0.2, 0.25) is 0 Å². The first-order valence-electron chi connectivity index (χ1n) is 8.31. The van der Waals surface area contributed by atoms with E-state index in [2.05, 4.69) is 15.3 Å². The number of carbonyl (C=O) groups is 1. The van der Waals surface area contributed by atoms with Gasteiger partial charge in [0.15, 0.2) is 0 Å². The van der Waals surface area contributed by atoms with Gasteiger partial charge in [-0.15, -0.1) is 0 Å². The third kappa shape index (κ3) is 3.83. The van der Waals surface area contributed by atoms with Gasteiger partial charge in [0.1, 0.15) is 5.60 Å². The highest BCUT2D eigenvalue weighted by atomic mass is 16.3. The van der Waals surface area contributed by atoms with Gasteiger partial charge in [0, 0.05) is 25.5 Å². The van der Waals surface area contributed by atoms with Crippen LogP contribution in [0.15, 0.2) is 48.8 Å². The minimum absolute atomic E-state index is 0.234. The Hall–Kier alpha value is -2.18. The van der Waals surface area contributed by atoms with Crippen LogP contribution >= 0.6 is 0 Å². The number of benzene rings is 1. The first-order valence-corrected chi connectivity index (χ1v) is 8.31. The summed E-state index contributed by atoms with van der Waals surface area (Å²) in [6.07, 6.45) is 4.50. The van der Waals surface area contributed by atoms with E-state index in [-0.39, 0.29) is 11.9 Å². The summed E-state index contributed by atoms with van der Waals surface area (Å²) in [4.78, 5) is 14.9. The van der Waals surface area contributed by atoms with Crippen LogP contribution in [0.3, 0.4) is 0 Å². The highest BCUT2D eigenvalue weighted by molar-refractivity contribution is 5.85. The van der Waals surface area contributed by atoms with E-state index in [0.717, 1.165) is 18.7 Å². The average Bonchev–Trinajstić information content (AvgIpc) is 3.11. The van der Waals surface area contributed by atoms with E-state index in [1.54, 1.807) is 10.9 Å². The Kier molecular flexibility index (Phi) is 4.97. The van der Waals surface area contributed by atoms with Gasteiger partial charge >= 0.3 is 0 Å². The maximum absolute atomic E-state index is 12.7. The van der Waals surface area contributed by atoms with Crippen molar-refractivity contribution < 1.29 is 9.90 Å². The fraction of sp³-hybridized carbons (Fsp3) is 0.444. The van der Waals surface area contributed by atoms with Gasteiger partial charge in [-0.1, -0.05) is 30.3 Å². The Morgan fingerprint density at radius 2 is 2.00 bits per heavy atom. The average molecular weight is 328 g/mol. The molecule has 2 heterocycles. The van der Waals surface area contributed by atoms with E-state index in [9.17, 15) is 9.90 Å². The molecule has 0 bridgehead atoms. The third-order valence-corrected chi connectivity index (χ3v) is 4.67. The van der Waals surface area contributed by atoms with E-state index < -0.39 is 5.60 Å². The van der Waals surface area contributed by atoms with Crippen molar-refractivity contribution in [3.8, 4) is 0 Å². The van der Waals surface area contributed by atoms with Gasteiger partial charge in [-0.05, 0) is 31.5 Å². The molecule has 1 aliphatic rings. The molecule has 0 saturated carbocycles. The van der Waals surface area contributed by atoms with Crippen molar-refractivity contribution in [3.63, 3.8) is 0 Å². The van der Waals surface area contributed by atoms with Crippen molar-refractivity contribution >= 4 is 5.91 Å².